The molecule has 0 bridgehead atoms. The predicted molar refractivity (Wildman–Crippen MR) is 136 cm³/mol. The number of thiophene rings is 1. The molecule has 0 atom stereocenters. The Morgan fingerprint density at radius 3 is 2.24 bits per heavy atom. The van der Waals surface area contributed by atoms with Crippen LogP contribution in [0.3, 0.4) is 0 Å². The van der Waals surface area contributed by atoms with Gasteiger partial charge in [-0.15, -0.1) is 11.3 Å². The summed E-state index contributed by atoms with van der Waals surface area (Å²) in [6.45, 7) is 4.08. The molecule has 0 radical (unpaired) electrons. The summed E-state index contributed by atoms with van der Waals surface area (Å²) in [6, 6.07) is 20.0. The number of hydrogen-bond donors (Lipinski definition) is 3. The van der Waals surface area contributed by atoms with E-state index in [1.54, 1.807) is 42.5 Å². The normalized spacial score (nSPS) is 10.5. The Balaban J connectivity index is 1.33. The van der Waals surface area contributed by atoms with Gasteiger partial charge in [-0.05, 0) is 91.1 Å². The highest BCUT2D eigenvalue weighted by Gasteiger charge is 2.14. The van der Waals surface area contributed by atoms with Crippen molar-refractivity contribution in [3.8, 4) is 11.3 Å². The Hall–Kier alpha value is -3.75. The number of furan rings is 1. The number of carbonyl (C=O) groups excluding carboxylic acids is 2. The fraction of sp³-hybridized carbons (Fsp3) is 0.0800. The molecule has 0 fully saturated rings. The van der Waals surface area contributed by atoms with E-state index < -0.39 is 5.91 Å². The molecule has 0 aliphatic heterocycles. The lowest BCUT2D eigenvalue weighted by Gasteiger charge is -2.10. The third-order valence-corrected chi connectivity index (χ3v) is 6.07. The van der Waals surface area contributed by atoms with Crippen molar-refractivity contribution in [1.82, 2.24) is 5.32 Å². The molecule has 3 N–H and O–H groups in total. The zero-order valence-corrected chi connectivity index (χ0v) is 19.6. The summed E-state index contributed by atoms with van der Waals surface area (Å²) in [5, 5.41) is 10.4. The summed E-state index contributed by atoms with van der Waals surface area (Å²) in [5.41, 5.74) is 4.58. The Bertz CT molecular complexity index is 1310. The zero-order chi connectivity index (χ0) is 23.4. The van der Waals surface area contributed by atoms with Gasteiger partial charge in [0, 0.05) is 16.9 Å². The van der Waals surface area contributed by atoms with Crippen molar-refractivity contribution in [2.75, 3.05) is 10.6 Å². The lowest BCUT2D eigenvalue weighted by atomic mass is 10.1. The van der Waals surface area contributed by atoms with E-state index in [1.807, 2.05) is 43.5 Å². The van der Waals surface area contributed by atoms with Crippen molar-refractivity contribution in [2.45, 2.75) is 13.8 Å². The number of nitrogens with one attached hydrogen (secondary N) is 3. The van der Waals surface area contributed by atoms with Gasteiger partial charge in [-0.3, -0.25) is 14.9 Å². The Labute approximate surface area is 200 Å². The van der Waals surface area contributed by atoms with Crippen LogP contribution in [0, 0.1) is 13.8 Å². The summed E-state index contributed by atoms with van der Waals surface area (Å²) in [4.78, 5) is 25.3. The molecule has 0 unspecified atom stereocenters. The summed E-state index contributed by atoms with van der Waals surface area (Å²) < 4.78 is 5.72. The molecule has 8 heteroatoms. The van der Waals surface area contributed by atoms with Gasteiger partial charge < -0.3 is 15.1 Å². The summed E-state index contributed by atoms with van der Waals surface area (Å²) in [5.74, 6) is 0.177. The molecular weight excluding hydrogens is 454 g/mol. The first-order valence-corrected chi connectivity index (χ1v) is 11.4. The summed E-state index contributed by atoms with van der Waals surface area (Å²) in [6.07, 6.45) is 0. The first-order valence-electron chi connectivity index (χ1n) is 10.1. The molecule has 0 saturated carbocycles. The maximum atomic E-state index is 12.5. The molecule has 2 heterocycles. The number of benzene rings is 2. The average molecular weight is 476 g/mol. The van der Waals surface area contributed by atoms with Crippen LogP contribution in [0.1, 0.15) is 31.4 Å². The van der Waals surface area contributed by atoms with Crippen molar-refractivity contribution < 1.29 is 14.0 Å². The van der Waals surface area contributed by atoms with Gasteiger partial charge in [0.05, 0.1) is 4.88 Å². The first-order chi connectivity index (χ1) is 15.9. The minimum Gasteiger partial charge on any atom is -0.451 e. The van der Waals surface area contributed by atoms with Crippen molar-refractivity contribution in [2.24, 2.45) is 0 Å². The fourth-order valence-corrected chi connectivity index (χ4v) is 3.90. The van der Waals surface area contributed by atoms with Gasteiger partial charge in [0.25, 0.3) is 11.8 Å². The highest BCUT2D eigenvalue weighted by molar-refractivity contribution is 7.80. The second kappa shape index (κ2) is 9.81. The SMILES string of the molecule is Cc1ccc(-c2ccc(C(=O)NC(=S)Nc3ccc(NC(=O)c4cccs4)cc3)o2)cc1C. The predicted octanol–water partition coefficient (Wildman–Crippen LogP) is 6.00. The largest absolute Gasteiger partial charge is 0.451 e. The molecule has 6 nitrogen and oxygen atoms in total. The van der Waals surface area contributed by atoms with Gasteiger partial charge >= 0.3 is 0 Å². The van der Waals surface area contributed by atoms with Crippen LogP contribution in [-0.4, -0.2) is 16.9 Å². The molecule has 0 aliphatic carbocycles. The molecule has 0 saturated heterocycles. The monoisotopic (exact) mass is 475 g/mol. The van der Waals surface area contributed by atoms with Crippen LogP contribution in [-0.2, 0) is 0 Å². The second-order valence-corrected chi connectivity index (χ2v) is 8.74. The van der Waals surface area contributed by atoms with Crippen molar-refractivity contribution in [3.05, 3.63) is 93.9 Å². The maximum absolute atomic E-state index is 12.5. The topological polar surface area (TPSA) is 83.4 Å². The Kier molecular flexibility index (Phi) is 6.67. The first kappa shape index (κ1) is 22.4. The number of amides is 2. The highest BCUT2D eigenvalue weighted by atomic mass is 32.1. The Morgan fingerprint density at radius 1 is 0.848 bits per heavy atom. The quantitative estimate of drug-likeness (QED) is 0.308. The zero-order valence-electron chi connectivity index (χ0n) is 18.0. The van der Waals surface area contributed by atoms with Crippen molar-refractivity contribution in [3.63, 3.8) is 0 Å². The van der Waals surface area contributed by atoms with Crippen molar-refractivity contribution >= 4 is 51.9 Å². The highest BCUT2D eigenvalue weighted by Crippen LogP contribution is 2.24. The molecule has 4 rings (SSSR count). The molecule has 2 aromatic carbocycles. The number of hydrogen-bond acceptors (Lipinski definition) is 5. The molecule has 0 spiro atoms. The van der Waals surface area contributed by atoms with E-state index >= 15 is 0 Å². The third-order valence-electron chi connectivity index (χ3n) is 4.99. The van der Waals surface area contributed by atoms with Gasteiger partial charge in [0.1, 0.15) is 5.76 Å². The summed E-state index contributed by atoms with van der Waals surface area (Å²) in [7, 11) is 0. The van der Waals surface area contributed by atoms with Crippen molar-refractivity contribution in [1.29, 1.82) is 0 Å². The summed E-state index contributed by atoms with van der Waals surface area (Å²) >= 11 is 6.63. The minimum absolute atomic E-state index is 0.138. The Morgan fingerprint density at radius 2 is 1.58 bits per heavy atom. The fourth-order valence-electron chi connectivity index (χ4n) is 3.07. The molecule has 166 valence electrons. The average Bonchev–Trinajstić information content (AvgIpc) is 3.49. The van der Waals surface area contributed by atoms with E-state index in [4.69, 9.17) is 16.6 Å². The van der Waals surface area contributed by atoms with Crippen LogP contribution in [0.25, 0.3) is 11.3 Å². The van der Waals surface area contributed by atoms with E-state index in [0.717, 1.165) is 11.1 Å². The van der Waals surface area contributed by atoms with Gasteiger partial charge in [-0.2, -0.15) is 0 Å². The van der Waals surface area contributed by atoms with E-state index in [0.29, 0.717) is 22.0 Å². The maximum Gasteiger partial charge on any atom is 0.293 e. The molecule has 2 amide bonds. The van der Waals surface area contributed by atoms with Gasteiger partial charge in [-0.1, -0.05) is 18.2 Å². The van der Waals surface area contributed by atoms with E-state index in [1.165, 1.54) is 16.9 Å². The van der Waals surface area contributed by atoms with Crippen LogP contribution in [0.4, 0.5) is 11.4 Å². The van der Waals surface area contributed by atoms with E-state index in [-0.39, 0.29) is 16.8 Å². The van der Waals surface area contributed by atoms with Crippen LogP contribution in [0.15, 0.2) is 76.5 Å². The van der Waals surface area contributed by atoms with Gasteiger partial charge in [0.15, 0.2) is 10.9 Å². The molecule has 2 aromatic heterocycles. The number of aryl methyl sites for hydroxylation is 2. The van der Waals surface area contributed by atoms with Crippen LogP contribution >= 0.6 is 23.6 Å². The lowest BCUT2D eigenvalue weighted by molar-refractivity contribution is 0.0950. The lowest BCUT2D eigenvalue weighted by Crippen LogP contribution is -2.33. The number of thiocarbonyl (C=S) groups is 1. The third kappa shape index (κ3) is 5.54. The smallest absolute Gasteiger partial charge is 0.293 e. The number of rotatable bonds is 5. The van der Waals surface area contributed by atoms with Crippen LogP contribution in [0.5, 0.6) is 0 Å². The van der Waals surface area contributed by atoms with Gasteiger partial charge in [-0.25, -0.2) is 0 Å². The van der Waals surface area contributed by atoms with Gasteiger partial charge in [0.2, 0.25) is 0 Å². The standard InChI is InChI=1S/C25H21N3O3S2/c1-15-5-6-17(14-16(15)2)20-11-12-21(31-20)23(29)28-25(32)27-19-9-7-18(8-10-19)26-24(30)22-4-3-13-33-22/h3-14H,1-2H3,(H,26,30)(H2,27,28,29,32). The van der Waals surface area contributed by atoms with Crippen LogP contribution in [0.2, 0.25) is 0 Å². The van der Waals surface area contributed by atoms with E-state index in [9.17, 15) is 9.59 Å². The molecule has 4 aromatic rings. The minimum atomic E-state index is -0.442. The number of carbonyl (C=O) groups is 2. The molecule has 0 aliphatic rings. The van der Waals surface area contributed by atoms with Crippen LogP contribution < -0.4 is 16.0 Å². The van der Waals surface area contributed by atoms with E-state index in [2.05, 4.69) is 16.0 Å². The number of anilines is 2. The molecule has 33 heavy (non-hydrogen) atoms. The molecular formula is C25H21N3O3S2. The second-order valence-electron chi connectivity index (χ2n) is 7.38.